The molecule has 160 valence electrons. The average Bonchev–Trinajstić information content (AvgIpc) is 3.26. The Hall–Kier alpha value is -3.78. The summed E-state index contributed by atoms with van der Waals surface area (Å²) >= 11 is 1.33. The van der Waals surface area contributed by atoms with Crippen molar-refractivity contribution in [3.63, 3.8) is 0 Å². The highest BCUT2D eigenvalue weighted by Crippen LogP contribution is 2.30. The third-order valence-corrected chi connectivity index (χ3v) is 6.90. The molecule has 8 heteroatoms. The van der Waals surface area contributed by atoms with Crippen LogP contribution in [0.5, 0.6) is 0 Å². The van der Waals surface area contributed by atoms with Crippen molar-refractivity contribution in [1.29, 1.82) is 0 Å². The second kappa shape index (κ2) is 8.05. The molecule has 0 radical (unpaired) electrons. The third-order valence-electron chi connectivity index (χ3n) is 5.80. The van der Waals surface area contributed by atoms with Gasteiger partial charge in [-0.2, -0.15) is 0 Å². The van der Waals surface area contributed by atoms with E-state index >= 15 is 0 Å². The number of thiophene rings is 1. The van der Waals surface area contributed by atoms with Gasteiger partial charge in [0.05, 0.1) is 9.80 Å². The van der Waals surface area contributed by atoms with E-state index in [1.54, 1.807) is 21.9 Å². The minimum absolute atomic E-state index is 0.00913. The van der Waals surface area contributed by atoms with Crippen molar-refractivity contribution >= 4 is 49.7 Å². The predicted molar refractivity (Wildman–Crippen MR) is 124 cm³/mol. The second-order valence-corrected chi connectivity index (χ2v) is 8.78. The van der Waals surface area contributed by atoms with Gasteiger partial charge in [0.15, 0.2) is 0 Å². The summed E-state index contributed by atoms with van der Waals surface area (Å²) in [5.41, 5.74) is 0.684. The topological polar surface area (TPSA) is 83.8 Å². The minimum Gasteiger partial charge on any atom is -0.335 e. The van der Waals surface area contributed by atoms with E-state index in [2.05, 4.69) is 0 Å². The highest BCUT2D eigenvalue weighted by molar-refractivity contribution is 7.20. The average molecular weight is 446 g/mol. The van der Waals surface area contributed by atoms with E-state index in [1.807, 2.05) is 42.5 Å². The van der Waals surface area contributed by atoms with E-state index in [0.29, 0.717) is 42.0 Å². The van der Waals surface area contributed by atoms with Crippen molar-refractivity contribution in [2.75, 3.05) is 26.2 Å². The summed E-state index contributed by atoms with van der Waals surface area (Å²) in [5, 5.41) is 13.6. The molecule has 2 amide bonds. The molecule has 0 unspecified atom stereocenters. The Morgan fingerprint density at radius 2 is 1.50 bits per heavy atom. The van der Waals surface area contributed by atoms with Gasteiger partial charge < -0.3 is 9.80 Å². The third kappa shape index (κ3) is 3.58. The van der Waals surface area contributed by atoms with Crippen molar-refractivity contribution in [2.24, 2.45) is 0 Å². The molecule has 1 aliphatic heterocycles. The maximum atomic E-state index is 13.1. The summed E-state index contributed by atoms with van der Waals surface area (Å²) in [5.74, 6) is -0.130. The number of non-ortho nitro benzene ring substituents is 1. The van der Waals surface area contributed by atoms with Crippen molar-refractivity contribution in [3.8, 4) is 0 Å². The Balaban J connectivity index is 1.30. The van der Waals surface area contributed by atoms with Crippen LogP contribution >= 0.6 is 11.3 Å². The number of carbonyl (C=O) groups is 2. The zero-order chi connectivity index (χ0) is 22.2. The maximum absolute atomic E-state index is 13.1. The zero-order valence-corrected chi connectivity index (χ0v) is 17.9. The number of hydrogen-bond acceptors (Lipinski definition) is 5. The van der Waals surface area contributed by atoms with E-state index in [0.717, 1.165) is 15.5 Å². The molecule has 0 bridgehead atoms. The number of fused-ring (bicyclic) bond motifs is 2. The van der Waals surface area contributed by atoms with E-state index in [4.69, 9.17) is 0 Å². The van der Waals surface area contributed by atoms with Gasteiger partial charge in [0, 0.05) is 54.0 Å². The normalized spacial score (nSPS) is 14.1. The van der Waals surface area contributed by atoms with Gasteiger partial charge in [-0.05, 0) is 29.0 Å². The summed E-state index contributed by atoms with van der Waals surface area (Å²) in [7, 11) is 0. The maximum Gasteiger partial charge on any atom is 0.270 e. The van der Waals surface area contributed by atoms with Crippen LogP contribution in [0, 0.1) is 10.1 Å². The molecule has 32 heavy (non-hydrogen) atoms. The van der Waals surface area contributed by atoms with Crippen LogP contribution in [-0.2, 0) is 0 Å². The molecule has 1 fully saturated rings. The number of amides is 2. The van der Waals surface area contributed by atoms with E-state index in [1.165, 1.54) is 23.5 Å². The first-order valence-electron chi connectivity index (χ1n) is 10.3. The molecule has 4 aromatic rings. The molecule has 5 rings (SSSR count). The van der Waals surface area contributed by atoms with Gasteiger partial charge in [0.25, 0.3) is 17.5 Å². The van der Waals surface area contributed by atoms with Crippen molar-refractivity contribution < 1.29 is 14.5 Å². The Bertz CT molecular complexity index is 1370. The Kier molecular flexibility index (Phi) is 5.07. The van der Waals surface area contributed by atoms with Gasteiger partial charge >= 0.3 is 0 Å². The Labute approximate surface area is 187 Å². The van der Waals surface area contributed by atoms with E-state index in [9.17, 15) is 19.7 Å². The largest absolute Gasteiger partial charge is 0.335 e. The van der Waals surface area contributed by atoms with Gasteiger partial charge in [-0.1, -0.05) is 36.4 Å². The lowest BCUT2D eigenvalue weighted by Crippen LogP contribution is -2.50. The lowest BCUT2D eigenvalue weighted by Gasteiger charge is -2.34. The highest BCUT2D eigenvalue weighted by Gasteiger charge is 2.27. The van der Waals surface area contributed by atoms with Gasteiger partial charge in [-0.25, -0.2) is 0 Å². The minimum atomic E-state index is -0.440. The molecule has 1 saturated heterocycles. The van der Waals surface area contributed by atoms with Crippen LogP contribution < -0.4 is 0 Å². The Morgan fingerprint density at radius 1 is 0.812 bits per heavy atom. The molecule has 1 aliphatic rings. The summed E-state index contributed by atoms with van der Waals surface area (Å²) in [6, 6.07) is 19.9. The first kappa shape index (κ1) is 20.1. The van der Waals surface area contributed by atoms with Crippen LogP contribution in [0.1, 0.15) is 20.0 Å². The number of nitro benzene ring substituents is 1. The van der Waals surface area contributed by atoms with Crippen LogP contribution in [0.3, 0.4) is 0 Å². The SMILES string of the molecule is O=C(c1cc2cc([N+](=O)[O-])ccc2s1)N1CCN(C(=O)c2cccc3ccccc23)CC1. The van der Waals surface area contributed by atoms with Crippen molar-refractivity contribution in [1.82, 2.24) is 9.80 Å². The molecular weight excluding hydrogens is 426 g/mol. The fraction of sp³-hybridized carbons (Fsp3) is 0.167. The monoisotopic (exact) mass is 445 g/mol. The van der Waals surface area contributed by atoms with Crippen LogP contribution in [0.2, 0.25) is 0 Å². The highest BCUT2D eigenvalue weighted by atomic mass is 32.1. The van der Waals surface area contributed by atoms with Crippen molar-refractivity contribution in [2.45, 2.75) is 0 Å². The molecule has 0 spiro atoms. The van der Waals surface area contributed by atoms with Crippen LogP contribution in [0.25, 0.3) is 20.9 Å². The smallest absolute Gasteiger partial charge is 0.270 e. The molecule has 3 aromatic carbocycles. The summed E-state index contributed by atoms with van der Waals surface area (Å²) in [6.45, 7) is 1.82. The fourth-order valence-electron chi connectivity index (χ4n) is 4.10. The molecule has 0 N–H and O–H groups in total. The lowest BCUT2D eigenvalue weighted by atomic mass is 10.0. The molecule has 7 nitrogen and oxygen atoms in total. The van der Waals surface area contributed by atoms with Crippen LogP contribution in [0.4, 0.5) is 5.69 Å². The van der Waals surface area contributed by atoms with Gasteiger partial charge in [0.2, 0.25) is 0 Å². The standard InChI is InChI=1S/C24H19N3O4S/c28-23(20-7-3-5-16-4-1-2-6-19(16)20)25-10-12-26(13-11-25)24(29)22-15-17-14-18(27(30)31)8-9-21(17)32-22/h1-9,14-15H,10-13H2. The fourth-order valence-corrected chi connectivity index (χ4v) is 5.11. The first-order valence-corrected chi connectivity index (χ1v) is 11.1. The summed E-state index contributed by atoms with van der Waals surface area (Å²) in [4.78, 5) is 40.8. The molecule has 1 aromatic heterocycles. The predicted octanol–water partition coefficient (Wildman–Crippen LogP) is 4.56. The van der Waals surface area contributed by atoms with E-state index in [-0.39, 0.29) is 17.5 Å². The summed E-state index contributed by atoms with van der Waals surface area (Å²) in [6.07, 6.45) is 0. The van der Waals surface area contributed by atoms with E-state index < -0.39 is 4.92 Å². The molecular formula is C24H19N3O4S. The number of benzene rings is 3. The Morgan fingerprint density at radius 3 is 2.25 bits per heavy atom. The quantitative estimate of drug-likeness (QED) is 0.342. The zero-order valence-electron chi connectivity index (χ0n) is 17.1. The summed E-state index contributed by atoms with van der Waals surface area (Å²) < 4.78 is 0.837. The number of carbonyl (C=O) groups excluding carboxylic acids is 2. The number of nitro groups is 1. The van der Waals surface area contributed by atoms with Gasteiger partial charge in [-0.3, -0.25) is 19.7 Å². The molecule has 2 heterocycles. The number of hydrogen-bond donors (Lipinski definition) is 0. The number of piperazine rings is 1. The molecule has 0 atom stereocenters. The first-order chi connectivity index (χ1) is 15.5. The van der Waals surface area contributed by atoms with Crippen LogP contribution in [0.15, 0.2) is 66.7 Å². The van der Waals surface area contributed by atoms with Gasteiger partial charge in [0.1, 0.15) is 0 Å². The molecule has 0 aliphatic carbocycles. The van der Waals surface area contributed by atoms with Crippen LogP contribution in [-0.4, -0.2) is 52.7 Å². The van der Waals surface area contributed by atoms with Crippen molar-refractivity contribution in [3.05, 3.63) is 87.3 Å². The van der Waals surface area contributed by atoms with Gasteiger partial charge in [-0.15, -0.1) is 11.3 Å². The number of rotatable bonds is 3. The lowest BCUT2D eigenvalue weighted by molar-refractivity contribution is -0.384. The molecule has 0 saturated carbocycles. The number of nitrogens with zero attached hydrogens (tertiary/aromatic N) is 3. The second-order valence-electron chi connectivity index (χ2n) is 7.70.